The van der Waals surface area contributed by atoms with Gasteiger partial charge in [-0.2, -0.15) is 0 Å². The molecule has 2 fully saturated rings. The van der Waals surface area contributed by atoms with E-state index in [0.717, 1.165) is 5.69 Å². The lowest BCUT2D eigenvalue weighted by molar-refractivity contribution is -0.142. The summed E-state index contributed by atoms with van der Waals surface area (Å²) in [5.74, 6) is -0.258. The highest BCUT2D eigenvalue weighted by molar-refractivity contribution is 6.30. The van der Waals surface area contributed by atoms with Gasteiger partial charge in [0.25, 0.3) is 0 Å². The molecule has 2 atom stereocenters. The molecule has 0 spiro atoms. The predicted molar refractivity (Wildman–Crippen MR) is 83.9 cm³/mol. The van der Waals surface area contributed by atoms with Crippen molar-refractivity contribution in [2.45, 2.75) is 19.4 Å². The van der Waals surface area contributed by atoms with Gasteiger partial charge in [0.15, 0.2) is 0 Å². The molecule has 22 heavy (non-hydrogen) atoms. The Morgan fingerprint density at radius 3 is 2.91 bits per heavy atom. The number of ether oxygens (including phenoxy) is 1. The zero-order valence-corrected chi connectivity index (χ0v) is 13.3. The molecule has 2 aliphatic heterocycles. The van der Waals surface area contributed by atoms with E-state index >= 15 is 0 Å². The number of hydrogen-bond donors (Lipinski definition) is 0. The average molecular weight is 323 g/mol. The van der Waals surface area contributed by atoms with Gasteiger partial charge in [-0.05, 0) is 25.1 Å². The van der Waals surface area contributed by atoms with Crippen molar-refractivity contribution in [2.24, 2.45) is 5.92 Å². The number of rotatable bonds is 2. The van der Waals surface area contributed by atoms with Crippen molar-refractivity contribution in [2.75, 3.05) is 31.1 Å². The van der Waals surface area contributed by atoms with Crippen LogP contribution >= 0.6 is 11.6 Å². The van der Waals surface area contributed by atoms with Crippen molar-refractivity contribution < 1.29 is 14.3 Å². The molecule has 2 heterocycles. The quantitative estimate of drug-likeness (QED) is 0.836. The molecule has 0 aliphatic carbocycles. The number of halogens is 1. The predicted octanol–water partition coefficient (Wildman–Crippen LogP) is 1.94. The van der Waals surface area contributed by atoms with Crippen molar-refractivity contribution in [3.05, 3.63) is 29.3 Å². The Hall–Kier alpha value is -1.59. The largest absolute Gasteiger partial charge is 0.375 e. The molecule has 1 aromatic rings. The summed E-state index contributed by atoms with van der Waals surface area (Å²) >= 11 is 5.98. The Bertz CT molecular complexity index is 593. The fourth-order valence-corrected chi connectivity index (χ4v) is 3.23. The maximum atomic E-state index is 12.6. The molecule has 0 saturated carbocycles. The van der Waals surface area contributed by atoms with Crippen molar-refractivity contribution >= 4 is 29.1 Å². The normalized spacial score (nSPS) is 25.6. The lowest BCUT2D eigenvalue weighted by Gasteiger charge is -2.32. The molecule has 2 amide bonds. The van der Waals surface area contributed by atoms with E-state index in [-0.39, 0.29) is 30.3 Å². The molecule has 0 bridgehead atoms. The Morgan fingerprint density at radius 2 is 2.18 bits per heavy atom. The first-order chi connectivity index (χ1) is 10.5. The van der Waals surface area contributed by atoms with E-state index in [1.54, 1.807) is 17.0 Å². The number of morpholine rings is 1. The van der Waals surface area contributed by atoms with Crippen molar-refractivity contribution in [1.82, 2.24) is 4.90 Å². The molecular formula is C16H19ClN2O3. The van der Waals surface area contributed by atoms with Gasteiger partial charge in [0, 0.05) is 36.8 Å². The smallest absolute Gasteiger partial charge is 0.228 e. The molecule has 0 radical (unpaired) electrons. The summed E-state index contributed by atoms with van der Waals surface area (Å²) in [6.07, 6.45) is 0.315. The van der Waals surface area contributed by atoms with E-state index in [4.69, 9.17) is 16.3 Å². The molecule has 3 rings (SSSR count). The standard InChI is InChI=1S/C16H19ClN2O3/c1-11-9-18(5-6-22-11)16(21)12-7-15(20)19(10-12)14-4-2-3-13(17)8-14/h2-4,8,11-12H,5-7,9-10H2,1H3. The number of carbonyl (C=O) groups excluding carboxylic acids is 2. The maximum Gasteiger partial charge on any atom is 0.228 e. The van der Waals surface area contributed by atoms with Crippen LogP contribution in [0.5, 0.6) is 0 Å². The minimum atomic E-state index is -0.281. The van der Waals surface area contributed by atoms with Crippen LogP contribution in [0.1, 0.15) is 13.3 Å². The second-order valence-corrected chi connectivity index (χ2v) is 6.29. The fraction of sp³-hybridized carbons (Fsp3) is 0.500. The molecule has 0 N–H and O–H groups in total. The van der Waals surface area contributed by atoms with Gasteiger partial charge < -0.3 is 14.5 Å². The second kappa shape index (κ2) is 6.26. The number of amides is 2. The summed E-state index contributed by atoms with van der Waals surface area (Å²) in [6, 6.07) is 7.17. The van der Waals surface area contributed by atoms with Crippen LogP contribution in [0.4, 0.5) is 5.69 Å². The first kappa shape index (κ1) is 15.3. The molecule has 118 valence electrons. The molecule has 1 aromatic carbocycles. The van der Waals surface area contributed by atoms with Gasteiger partial charge in [-0.1, -0.05) is 17.7 Å². The lowest BCUT2D eigenvalue weighted by atomic mass is 10.1. The Balaban J connectivity index is 1.70. The van der Waals surface area contributed by atoms with Crippen molar-refractivity contribution in [3.8, 4) is 0 Å². The molecule has 2 unspecified atom stereocenters. The van der Waals surface area contributed by atoms with Crippen LogP contribution in [0.15, 0.2) is 24.3 Å². The van der Waals surface area contributed by atoms with Crippen molar-refractivity contribution in [3.63, 3.8) is 0 Å². The van der Waals surface area contributed by atoms with Crippen molar-refractivity contribution in [1.29, 1.82) is 0 Å². The number of hydrogen-bond acceptors (Lipinski definition) is 3. The van der Waals surface area contributed by atoms with E-state index < -0.39 is 0 Å². The zero-order valence-electron chi connectivity index (χ0n) is 12.5. The molecule has 2 saturated heterocycles. The summed E-state index contributed by atoms with van der Waals surface area (Å²) in [4.78, 5) is 28.3. The monoisotopic (exact) mass is 322 g/mol. The Labute approximate surface area is 134 Å². The van der Waals surface area contributed by atoms with Gasteiger partial charge >= 0.3 is 0 Å². The average Bonchev–Trinajstić information content (AvgIpc) is 2.88. The van der Waals surface area contributed by atoms with E-state index in [1.165, 1.54) is 0 Å². The highest BCUT2D eigenvalue weighted by Crippen LogP contribution is 2.28. The van der Waals surface area contributed by atoms with Gasteiger partial charge in [-0.25, -0.2) is 0 Å². The van der Waals surface area contributed by atoms with Crippen LogP contribution in [0, 0.1) is 5.92 Å². The second-order valence-electron chi connectivity index (χ2n) is 5.85. The first-order valence-corrected chi connectivity index (χ1v) is 7.88. The highest BCUT2D eigenvalue weighted by atomic mass is 35.5. The molecule has 2 aliphatic rings. The summed E-state index contributed by atoms with van der Waals surface area (Å²) < 4.78 is 5.46. The summed E-state index contributed by atoms with van der Waals surface area (Å²) in [5.41, 5.74) is 0.753. The summed E-state index contributed by atoms with van der Waals surface area (Å²) in [5, 5.41) is 0.585. The summed E-state index contributed by atoms with van der Waals surface area (Å²) in [7, 11) is 0. The number of benzene rings is 1. The van der Waals surface area contributed by atoms with Gasteiger partial charge in [0.05, 0.1) is 18.6 Å². The fourth-order valence-electron chi connectivity index (χ4n) is 3.04. The molecule has 5 nitrogen and oxygen atoms in total. The van der Waals surface area contributed by atoms with Crippen LogP contribution in [-0.4, -0.2) is 49.1 Å². The third-order valence-corrected chi connectivity index (χ3v) is 4.38. The summed E-state index contributed by atoms with van der Waals surface area (Å²) in [6.45, 7) is 4.14. The number of carbonyl (C=O) groups is 2. The first-order valence-electron chi connectivity index (χ1n) is 7.51. The third kappa shape index (κ3) is 3.10. The minimum absolute atomic E-state index is 0.0260. The van der Waals surface area contributed by atoms with E-state index in [1.807, 2.05) is 24.0 Å². The van der Waals surface area contributed by atoms with E-state index in [9.17, 15) is 9.59 Å². The molecule has 0 aromatic heterocycles. The van der Waals surface area contributed by atoms with Gasteiger partial charge in [0.2, 0.25) is 11.8 Å². The van der Waals surface area contributed by atoms with Gasteiger partial charge in [-0.15, -0.1) is 0 Å². The Kier molecular flexibility index (Phi) is 4.36. The number of nitrogens with zero attached hydrogens (tertiary/aromatic N) is 2. The third-order valence-electron chi connectivity index (χ3n) is 4.15. The van der Waals surface area contributed by atoms with E-state index in [0.29, 0.717) is 31.3 Å². The van der Waals surface area contributed by atoms with Gasteiger partial charge in [-0.3, -0.25) is 9.59 Å². The van der Waals surface area contributed by atoms with Crippen LogP contribution in [0.2, 0.25) is 5.02 Å². The topological polar surface area (TPSA) is 49.9 Å². The molecule has 6 heteroatoms. The highest BCUT2D eigenvalue weighted by Gasteiger charge is 2.38. The molecular weight excluding hydrogens is 304 g/mol. The zero-order chi connectivity index (χ0) is 15.7. The van der Waals surface area contributed by atoms with E-state index in [2.05, 4.69) is 0 Å². The van der Waals surface area contributed by atoms with Crippen LogP contribution in [0.25, 0.3) is 0 Å². The SMILES string of the molecule is CC1CN(C(=O)C2CC(=O)N(c3cccc(Cl)c3)C2)CCO1. The van der Waals surface area contributed by atoms with Crippen LogP contribution in [-0.2, 0) is 14.3 Å². The minimum Gasteiger partial charge on any atom is -0.375 e. The number of anilines is 1. The van der Waals surface area contributed by atoms with Crippen LogP contribution < -0.4 is 4.90 Å². The maximum absolute atomic E-state index is 12.6. The van der Waals surface area contributed by atoms with Gasteiger partial charge in [0.1, 0.15) is 0 Å². The van der Waals surface area contributed by atoms with Crippen LogP contribution in [0.3, 0.4) is 0 Å². The Morgan fingerprint density at radius 1 is 1.36 bits per heavy atom. The lowest BCUT2D eigenvalue weighted by Crippen LogP contribution is -2.47.